The molecule has 0 aliphatic heterocycles. The Hall–Kier alpha value is -1.29. The molecule has 0 aliphatic carbocycles. The fourth-order valence-electron chi connectivity index (χ4n) is 2.92. The first-order valence-electron chi connectivity index (χ1n) is 7.22. The summed E-state index contributed by atoms with van der Waals surface area (Å²) in [7, 11) is 0. The molecule has 0 N–H and O–H groups in total. The Kier molecular flexibility index (Phi) is 5.81. The van der Waals surface area contributed by atoms with E-state index in [1.54, 1.807) is 0 Å². The predicted molar refractivity (Wildman–Crippen MR) is 76.9 cm³/mol. The minimum Gasteiger partial charge on any atom is -0.292 e. The third-order valence-electron chi connectivity index (χ3n) is 4.16. The van der Waals surface area contributed by atoms with Crippen molar-refractivity contribution >= 4 is 5.78 Å². The first kappa shape index (κ1) is 16.8. The number of hydrogen-bond donors (Lipinski definition) is 0. The Morgan fingerprint density at radius 1 is 1.10 bits per heavy atom. The summed E-state index contributed by atoms with van der Waals surface area (Å²) >= 11 is 0. The number of hydrogen-bond acceptors (Lipinski definition) is 2. The molecule has 0 spiro atoms. The van der Waals surface area contributed by atoms with Crippen LogP contribution in [0.2, 0.25) is 0 Å². The van der Waals surface area contributed by atoms with Crippen LogP contribution in [0, 0.1) is 11.6 Å². The summed E-state index contributed by atoms with van der Waals surface area (Å²) in [5.74, 6) is -2.35. The van der Waals surface area contributed by atoms with Crippen LogP contribution in [0.1, 0.15) is 50.9 Å². The maximum atomic E-state index is 13.9. The average molecular weight is 283 g/mol. The van der Waals surface area contributed by atoms with Crippen LogP contribution in [0.15, 0.2) is 18.2 Å². The van der Waals surface area contributed by atoms with E-state index in [9.17, 15) is 13.6 Å². The van der Waals surface area contributed by atoms with Gasteiger partial charge in [0.2, 0.25) is 0 Å². The second-order valence-electron chi connectivity index (χ2n) is 4.84. The van der Waals surface area contributed by atoms with Crippen LogP contribution >= 0.6 is 0 Å². The number of Topliss-reactive ketones (excluding diaryl/α,β-unsaturated/α-hetero) is 1. The van der Waals surface area contributed by atoms with E-state index < -0.39 is 17.2 Å². The summed E-state index contributed by atoms with van der Waals surface area (Å²) in [5.41, 5.74) is -0.918. The van der Waals surface area contributed by atoms with Crippen LogP contribution in [0.3, 0.4) is 0 Å². The largest absolute Gasteiger partial charge is 0.292 e. The number of ketones is 1. The van der Waals surface area contributed by atoms with Crippen molar-refractivity contribution in [3.05, 3.63) is 35.4 Å². The zero-order chi connectivity index (χ0) is 15.3. The number of halogens is 2. The standard InChI is InChI=1S/C16H23F2NO/c1-5-16(6-2,19(7-3)8-4)15(20)12-10-9-11-13(17)14(12)18/h9-11H,5-8H2,1-4H3. The van der Waals surface area contributed by atoms with Gasteiger partial charge in [-0.05, 0) is 38.1 Å². The van der Waals surface area contributed by atoms with Gasteiger partial charge in [-0.15, -0.1) is 0 Å². The van der Waals surface area contributed by atoms with E-state index in [0.29, 0.717) is 25.9 Å². The monoisotopic (exact) mass is 283 g/mol. The highest BCUT2D eigenvalue weighted by atomic mass is 19.2. The molecule has 1 rings (SSSR count). The second kappa shape index (κ2) is 6.93. The van der Waals surface area contributed by atoms with Gasteiger partial charge in [-0.2, -0.15) is 0 Å². The van der Waals surface area contributed by atoms with E-state index >= 15 is 0 Å². The highest BCUT2D eigenvalue weighted by Gasteiger charge is 2.41. The maximum Gasteiger partial charge on any atom is 0.186 e. The van der Waals surface area contributed by atoms with Gasteiger partial charge in [-0.25, -0.2) is 8.78 Å². The lowest BCUT2D eigenvalue weighted by Gasteiger charge is -2.41. The number of carbonyl (C=O) groups excluding carboxylic acids is 1. The van der Waals surface area contributed by atoms with Crippen molar-refractivity contribution < 1.29 is 13.6 Å². The van der Waals surface area contributed by atoms with Gasteiger partial charge in [0.1, 0.15) is 0 Å². The summed E-state index contributed by atoms with van der Waals surface area (Å²) in [6.07, 6.45) is 1.14. The molecule has 0 heterocycles. The minimum atomic E-state index is -1.05. The molecule has 0 aromatic heterocycles. The molecule has 0 unspecified atom stereocenters. The van der Waals surface area contributed by atoms with Gasteiger partial charge >= 0.3 is 0 Å². The zero-order valence-corrected chi connectivity index (χ0v) is 12.7. The van der Waals surface area contributed by atoms with E-state index in [0.717, 1.165) is 6.07 Å². The lowest BCUT2D eigenvalue weighted by atomic mass is 9.82. The van der Waals surface area contributed by atoms with Crippen LogP contribution in [-0.4, -0.2) is 29.3 Å². The fourth-order valence-corrected chi connectivity index (χ4v) is 2.92. The topological polar surface area (TPSA) is 20.3 Å². The van der Waals surface area contributed by atoms with Crippen molar-refractivity contribution in [1.82, 2.24) is 4.90 Å². The van der Waals surface area contributed by atoms with Gasteiger partial charge in [0.15, 0.2) is 17.4 Å². The lowest BCUT2D eigenvalue weighted by molar-refractivity contribution is 0.0529. The lowest BCUT2D eigenvalue weighted by Crippen LogP contribution is -2.54. The van der Waals surface area contributed by atoms with Crippen molar-refractivity contribution in [3.8, 4) is 0 Å². The van der Waals surface area contributed by atoms with Gasteiger partial charge in [0, 0.05) is 0 Å². The molecule has 20 heavy (non-hydrogen) atoms. The van der Waals surface area contributed by atoms with E-state index in [2.05, 4.69) is 0 Å². The molecule has 0 aliphatic rings. The molecule has 0 amide bonds. The van der Waals surface area contributed by atoms with Crippen molar-refractivity contribution in [1.29, 1.82) is 0 Å². The summed E-state index contributed by atoms with van der Waals surface area (Å²) in [6.45, 7) is 9.16. The minimum absolute atomic E-state index is 0.152. The van der Waals surface area contributed by atoms with Gasteiger partial charge in [-0.3, -0.25) is 9.69 Å². The van der Waals surface area contributed by atoms with Gasteiger partial charge in [-0.1, -0.05) is 33.8 Å². The third-order valence-corrected chi connectivity index (χ3v) is 4.16. The SMILES string of the molecule is CCN(CC)C(CC)(CC)C(=O)c1cccc(F)c1F. The first-order chi connectivity index (χ1) is 9.48. The molecule has 1 aromatic carbocycles. The first-order valence-corrected chi connectivity index (χ1v) is 7.22. The Labute approximate surface area is 119 Å². The molecule has 4 heteroatoms. The second-order valence-corrected chi connectivity index (χ2v) is 4.84. The van der Waals surface area contributed by atoms with E-state index in [-0.39, 0.29) is 11.3 Å². The summed E-state index contributed by atoms with van der Waals surface area (Å²) in [5, 5.41) is 0. The van der Waals surface area contributed by atoms with Crippen LogP contribution in [-0.2, 0) is 0 Å². The molecule has 0 bridgehead atoms. The van der Waals surface area contributed by atoms with Crippen LogP contribution in [0.5, 0.6) is 0 Å². The quantitative estimate of drug-likeness (QED) is 0.704. The molecular formula is C16H23F2NO. The van der Waals surface area contributed by atoms with Crippen LogP contribution in [0.25, 0.3) is 0 Å². The normalized spacial score (nSPS) is 11.9. The summed E-state index contributed by atoms with van der Waals surface area (Å²) in [4.78, 5) is 14.8. The molecule has 112 valence electrons. The van der Waals surface area contributed by atoms with E-state index in [1.807, 2.05) is 32.6 Å². The van der Waals surface area contributed by atoms with Crippen LogP contribution in [0.4, 0.5) is 8.78 Å². The highest BCUT2D eigenvalue weighted by molar-refractivity contribution is 6.03. The Bertz CT molecular complexity index is 466. The third kappa shape index (κ3) is 2.75. The maximum absolute atomic E-state index is 13.9. The Balaban J connectivity index is 3.34. The highest BCUT2D eigenvalue weighted by Crippen LogP contribution is 2.29. The van der Waals surface area contributed by atoms with Crippen LogP contribution < -0.4 is 0 Å². The molecule has 0 atom stereocenters. The molecular weight excluding hydrogens is 260 g/mol. The fraction of sp³-hybridized carbons (Fsp3) is 0.562. The predicted octanol–water partition coefficient (Wildman–Crippen LogP) is 4.05. The molecule has 0 saturated carbocycles. The Morgan fingerprint density at radius 3 is 2.10 bits per heavy atom. The summed E-state index contributed by atoms with van der Waals surface area (Å²) in [6, 6.07) is 3.78. The molecule has 0 fully saturated rings. The van der Waals surface area contributed by atoms with Crippen molar-refractivity contribution in [3.63, 3.8) is 0 Å². The van der Waals surface area contributed by atoms with E-state index in [4.69, 9.17) is 0 Å². The number of benzene rings is 1. The van der Waals surface area contributed by atoms with Crippen molar-refractivity contribution in [2.75, 3.05) is 13.1 Å². The zero-order valence-electron chi connectivity index (χ0n) is 12.7. The summed E-state index contributed by atoms with van der Waals surface area (Å²) < 4.78 is 27.3. The molecule has 1 aromatic rings. The smallest absolute Gasteiger partial charge is 0.186 e. The average Bonchev–Trinajstić information content (AvgIpc) is 2.47. The number of carbonyl (C=O) groups is 1. The van der Waals surface area contributed by atoms with Gasteiger partial charge in [0.25, 0.3) is 0 Å². The van der Waals surface area contributed by atoms with Crippen molar-refractivity contribution in [2.45, 2.75) is 46.1 Å². The Morgan fingerprint density at radius 2 is 1.65 bits per heavy atom. The van der Waals surface area contributed by atoms with E-state index in [1.165, 1.54) is 12.1 Å². The van der Waals surface area contributed by atoms with Gasteiger partial charge in [0.05, 0.1) is 11.1 Å². The molecule has 0 radical (unpaired) electrons. The number of likely N-dealkylation sites (N-methyl/N-ethyl adjacent to an activating group) is 1. The van der Waals surface area contributed by atoms with Gasteiger partial charge < -0.3 is 0 Å². The molecule has 2 nitrogen and oxygen atoms in total. The molecule has 0 saturated heterocycles. The number of nitrogens with zero attached hydrogens (tertiary/aromatic N) is 1. The van der Waals surface area contributed by atoms with Crippen molar-refractivity contribution in [2.24, 2.45) is 0 Å². The number of rotatable bonds is 7.